The molecule has 1 fully saturated rings. The normalized spacial score (nSPS) is 31.7. The summed E-state index contributed by atoms with van der Waals surface area (Å²) in [6.45, 7) is 6.67. The highest BCUT2D eigenvalue weighted by Gasteiger charge is 2.55. The van der Waals surface area contributed by atoms with Gasteiger partial charge in [0.05, 0.1) is 18.8 Å². The number of hydrogen-bond acceptors (Lipinski definition) is 4. The van der Waals surface area contributed by atoms with Gasteiger partial charge in [-0.15, -0.1) is 0 Å². The van der Waals surface area contributed by atoms with E-state index in [4.69, 9.17) is 9.15 Å². The first-order valence-corrected chi connectivity index (χ1v) is 9.80. The zero-order valence-electron chi connectivity index (χ0n) is 16.6. The standard InChI is InChI=1S/C22H32O4/c1-15-6-9-19-21(2,11-5-12-22(19,3)20(24)25-4)17(15)8-7-16-10-13-26-18(16)14-23/h10,13,19,23H,5-9,11-12,14H2,1-4H3/t19-,21-,22+/m1/s1. The predicted molar refractivity (Wildman–Crippen MR) is 100 cm³/mol. The smallest absolute Gasteiger partial charge is 0.311 e. The molecule has 4 heteroatoms. The highest BCUT2D eigenvalue weighted by atomic mass is 16.5. The molecule has 1 aromatic rings. The van der Waals surface area contributed by atoms with E-state index in [1.807, 2.05) is 6.07 Å². The molecule has 1 heterocycles. The fourth-order valence-electron chi connectivity index (χ4n) is 5.84. The Hall–Kier alpha value is -1.55. The summed E-state index contributed by atoms with van der Waals surface area (Å²) in [5.41, 5.74) is 3.73. The molecular formula is C22H32O4. The average Bonchev–Trinajstić information content (AvgIpc) is 3.07. The van der Waals surface area contributed by atoms with Gasteiger partial charge in [0.2, 0.25) is 0 Å². The van der Waals surface area contributed by atoms with Crippen molar-refractivity contribution in [1.29, 1.82) is 0 Å². The van der Waals surface area contributed by atoms with Crippen LogP contribution in [0.5, 0.6) is 0 Å². The summed E-state index contributed by atoms with van der Waals surface area (Å²) < 4.78 is 10.6. The molecule has 3 rings (SSSR count). The Morgan fingerprint density at radius 2 is 2.12 bits per heavy atom. The van der Waals surface area contributed by atoms with E-state index in [2.05, 4.69) is 20.8 Å². The highest BCUT2D eigenvalue weighted by molar-refractivity contribution is 5.77. The van der Waals surface area contributed by atoms with E-state index in [1.54, 1.807) is 6.26 Å². The van der Waals surface area contributed by atoms with Crippen LogP contribution in [0.25, 0.3) is 0 Å². The highest BCUT2D eigenvalue weighted by Crippen LogP contribution is 2.60. The van der Waals surface area contributed by atoms with Crippen LogP contribution < -0.4 is 0 Å². The summed E-state index contributed by atoms with van der Waals surface area (Å²) >= 11 is 0. The van der Waals surface area contributed by atoms with E-state index in [-0.39, 0.29) is 23.4 Å². The summed E-state index contributed by atoms with van der Waals surface area (Å²) in [4.78, 5) is 12.6. The number of hydrogen-bond donors (Lipinski definition) is 1. The lowest BCUT2D eigenvalue weighted by atomic mass is 9.49. The van der Waals surface area contributed by atoms with Crippen LogP contribution >= 0.6 is 0 Å². The molecule has 2 aliphatic carbocycles. The number of carbonyl (C=O) groups excluding carboxylic acids is 1. The summed E-state index contributed by atoms with van der Waals surface area (Å²) in [6, 6.07) is 1.96. The third kappa shape index (κ3) is 3.02. The molecule has 0 radical (unpaired) electrons. The molecule has 2 aliphatic rings. The second-order valence-electron chi connectivity index (χ2n) is 8.56. The molecule has 0 bridgehead atoms. The molecule has 0 aliphatic heterocycles. The number of aliphatic hydroxyl groups excluding tert-OH is 1. The van der Waals surface area contributed by atoms with Crippen molar-refractivity contribution >= 4 is 5.97 Å². The maximum Gasteiger partial charge on any atom is 0.311 e. The Labute approximate surface area is 156 Å². The minimum Gasteiger partial charge on any atom is -0.469 e. The number of ether oxygens (including phenoxy) is 1. The van der Waals surface area contributed by atoms with E-state index in [0.29, 0.717) is 11.7 Å². The van der Waals surface area contributed by atoms with Crippen molar-refractivity contribution in [1.82, 2.24) is 0 Å². The van der Waals surface area contributed by atoms with Gasteiger partial charge in [0.1, 0.15) is 12.4 Å². The molecule has 0 saturated heterocycles. The maximum atomic E-state index is 12.6. The molecule has 144 valence electrons. The molecule has 1 N–H and O–H groups in total. The van der Waals surface area contributed by atoms with Gasteiger partial charge >= 0.3 is 5.97 Å². The minimum absolute atomic E-state index is 0.0483. The Kier molecular flexibility index (Phi) is 5.34. The van der Waals surface area contributed by atoms with Crippen molar-refractivity contribution < 1.29 is 19.1 Å². The summed E-state index contributed by atoms with van der Waals surface area (Å²) in [5.74, 6) is 0.949. The van der Waals surface area contributed by atoms with Crippen molar-refractivity contribution in [2.45, 2.75) is 72.3 Å². The molecule has 4 nitrogen and oxygen atoms in total. The molecule has 1 saturated carbocycles. The number of rotatable bonds is 5. The Bertz CT molecular complexity index is 701. The Balaban J connectivity index is 1.89. The molecule has 0 spiro atoms. The fourth-order valence-corrected chi connectivity index (χ4v) is 5.84. The fraction of sp³-hybridized carbons (Fsp3) is 0.682. The van der Waals surface area contributed by atoms with Crippen molar-refractivity contribution in [2.24, 2.45) is 16.7 Å². The number of fused-ring (bicyclic) bond motifs is 1. The Morgan fingerprint density at radius 3 is 2.81 bits per heavy atom. The summed E-state index contributed by atoms with van der Waals surface area (Å²) in [6.07, 6.45) is 8.72. The van der Waals surface area contributed by atoms with Crippen LogP contribution in [0.1, 0.15) is 70.6 Å². The van der Waals surface area contributed by atoms with E-state index < -0.39 is 0 Å². The van der Waals surface area contributed by atoms with Gasteiger partial charge < -0.3 is 14.3 Å². The summed E-state index contributed by atoms with van der Waals surface area (Å²) in [5, 5.41) is 9.43. The second-order valence-corrected chi connectivity index (χ2v) is 8.56. The second kappa shape index (κ2) is 7.22. The first-order valence-electron chi connectivity index (χ1n) is 9.80. The number of allylic oxidation sites excluding steroid dienone is 2. The first-order chi connectivity index (χ1) is 12.4. The van der Waals surface area contributed by atoms with E-state index in [9.17, 15) is 9.90 Å². The van der Waals surface area contributed by atoms with Crippen LogP contribution in [-0.2, 0) is 22.6 Å². The lowest BCUT2D eigenvalue weighted by molar-refractivity contribution is -0.163. The van der Waals surface area contributed by atoms with Gasteiger partial charge in [-0.2, -0.15) is 0 Å². The van der Waals surface area contributed by atoms with Crippen LogP contribution in [0.2, 0.25) is 0 Å². The quantitative estimate of drug-likeness (QED) is 0.605. The van der Waals surface area contributed by atoms with Gasteiger partial charge in [-0.25, -0.2) is 0 Å². The third-order valence-electron chi connectivity index (χ3n) is 7.22. The molecule has 26 heavy (non-hydrogen) atoms. The van der Waals surface area contributed by atoms with Crippen LogP contribution in [0.3, 0.4) is 0 Å². The van der Waals surface area contributed by atoms with Gasteiger partial charge in [0.25, 0.3) is 0 Å². The van der Waals surface area contributed by atoms with Crippen molar-refractivity contribution in [3.8, 4) is 0 Å². The molecule has 0 unspecified atom stereocenters. The number of esters is 1. The van der Waals surface area contributed by atoms with E-state index in [0.717, 1.165) is 50.5 Å². The number of aliphatic hydroxyl groups is 1. The lowest BCUT2D eigenvalue weighted by Crippen LogP contribution is -2.50. The lowest BCUT2D eigenvalue weighted by Gasteiger charge is -2.54. The number of methoxy groups -OCH3 is 1. The topological polar surface area (TPSA) is 59.7 Å². The van der Waals surface area contributed by atoms with Crippen molar-refractivity contribution in [3.05, 3.63) is 34.8 Å². The SMILES string of the molecule is COC(=O)[C@@]1(C)CCC[C@]2(C)C(CCc3ccoc3CO)=C(C)CC[C@@H]12. The molecule has 1 aromatic heterocycles. The average molecular weight is 360 g/mol. The zero-order valence-corrected chi connectivity index (χ0v) is 16.6. The Morgan fingerprint density at radius 1 is 1.35 bits per heavy atom. The summed E-state index contributed by atoms with van der Waals surface area (Å²) in [7, 11) is 1.51. The van der Waals surface area contributed by atoms with Gasteiger partial charge in [0, 0.05) is 0 Å². The van der Waals surface area contributed by atoms with Crippen molar-refractivity contribution in [2.75, 3.05) is 7.11 Å². The molecule has 3 atom stereocenters. The van der Waals surface area contributed by atoms with Crippen LogP contribution in [-0.4, -0.2) is 18.2 Å². The zero-order chi connectivity index (χ0) is 18.9. The number of aryl methyl sites for hydroxylation is 1. The van der Waals surface area contributed by atoms with Gasteiger partial charge in [-0.1, -0.05) is 24.5 Å². The largest absolute Gasteiger partial charge is 0.469 e. The van der Waals surface area contributed by atoms with Crippen molar-refractivity contribution in [3.63, 3.8) is 0 Å². The number of furan rings is 1. The van der Waals surface area contributed by atoms with Gasteiger partial charge in [-0.05, 0) is 75.3 Å². The molecule has 0 amide bonds. The predicted octanol–water partition coefficient (Wildman–Crippen LogP) is 4.80. The molecular weight excluding hydrogens is 328 g/mol. The minimum atomic E-state index is -0.389. The van der Waals surface area contributed by atoms with Gasteiger partial charge in [-0.3, -0.25) is 4.79 Å². The maximum absolute atomic E-state index is 12.6. The monoisotopic (exact) mass is 360 g/mol. The van der Waals surface area contributed by atoms with Gasteiger partial charge in [0.15, 0.2) is 0 Å². The van der Waals surface area contributed by atoms with Crippen LogP contribution in [0.4, 0.5) is 0 Å². The van der Waals surface area contributed by atoms with Crippen LogP contribution in [0, 0.1) is 16.7 Å². The molecule has 0 aromatic carbocycles. The number of carbonyl (C=O) groups is 1. The van der Waals surface area contributed by atoms with E-state index in [1.165, 1.54) is 18.3 Å². The first kappa shape index (κ1) is 19.2. The van der Waals surface area contributed by atoms with Crippen LogP contribution in [0.15, 0.2) is 27.9 Å². The van der Waals surface area contributed by atoms with E-state index >= 15 is 0 Å². The third-order valence-corrected chi connectivity index (χ3v) is 7.22.